The Kier molecular flexibility index (Phi) is 4.83. The molecule has 0 fully saturated rings. The molecule has 0 aromatic heterocycles. The summed E-state index contributed by atoms with van der Waals surface area (Å²) in [6.07, 6.45) is -4.76. The number of hydrogen-bond donors (Lipinski definition) is 1. The van der Waals surface area contributed by atoms with Gasteiger partial charge in [-0.15, -0.1) is 13.2 Å². The summed E-state index contributed by atoms with van der Waals surface area (Å²) < 4.78 is 39.8. The standard InChI is InChI=1S/C14H8Cl2F3NO2/c15-11-6-1-8(7-12(11)16)13(21)20-9-2-4-10(5-3-9)22-14(17,18)19/h1-7H,(H,20,21). The van der Waals surface area contributed by atoms with Gasteiger partial charge in [0.2, 0.25) is 0 Å². The summed E-state index contributed by atoms with van der Waals surface area (Å²) in [5.74, 6) is -0.844. The monoisotopic (exact) mass is 349 g/mol. The van der Waals surface area contributed by atoms with Crippen LogP contribution in [-0.4, -0.2) is 12.3 Å². The third-order valence-electron chi connectivity index (χ3n) is 2.53. The van der Waals surface area contributed by atoms with Crippen molar-refractivity contribution < 1.29 is 22.7 Å². The number of amides is 1. The molecule has 3 nitrogen and oxygen atoms in total. The second-order valence-corrected chi connectivity index (χ2v) is 4.97. The minimum Gasteiger partial charge on any atom is -0.406 e. The summed E-state index contributed by atoms with van der Waals surface area (Å²) in [7, 11) is 0. The van der Waals surface area contributed by atoms with Gasteiger partial charge in [-0.25, -0.2) is 0 Å². The predicted octanol–water partition coefficient (Wildman–Crippen LogP) is 5.14. The van der Waals surface area contributed by atoms with Crippen LogP contribution in [0.25, 0.3) is 0 Å². The van der Waals surface area contributed by atoms with E-state index in [0.717, 1.165) is 12.1 Å². The Balaban J connectivity index is 2.07. The van der Waals surface area contributed by atoms with E-state index in [1.807, 2.05) is 0 Å². The number of rotatable bonds is 3. The molecule has 0 atom stereocenters. The highest BCUT2D eigenvalue weighted by molar-refractivity contribution is 6.42. The molecule has 22 heavy (non-hydrogen) atoms. The summed E-state index contributed by atoms with van der Waals surface area (Å²) in [6, 6.07) is 9.10. The number of carbonyl (C=O) groups excluding carboxylic acids is 1. The van der Waals surface area contributed by atoms with E-state index >= 15 is 0 Å². The molecule has 0 spiro atoms. The first kappa shape index (κ1) is 16.5. The molecule has 0 unspecified atom stereocenters. The SMILES string of the molecule is O=C(Nc1ccc(OC(F)(F)F)cc1)c1ccc(Cl)c(Cl)c1. The van der Waals surface area contributed by atoms with E-state index < -0.39 is 12.3 Å². The number of alkyl halides is 3. The fraction of sp³-hybridized carbons (Fsp3) is 0.0714. The molecule has 2 rings (SSSR count). The summed E-state index contributed by atoms with van der Waals surface area (Å²) in [5, 5.41) is 3.05. The van der Waals surface area contributed by atoms with E-state index in [-0.39, 0.29) is 16.3 Å². The average molecular weight is 350 g/mol. The Bertz CT molecular complexity index is 687. The number of carbonyl (C=O) groups is 1. The number of ether oxygens (including phenoxy) is 1. The lowest BCUT2D eigenvalue weighted by Gasteiger charge is -2.10. The Hall–Kier alpha value is -1.92. The van der Waals surface area contributed by atoms with Crippen LogP contribution in [-0.2, 0) is 0 Å². The quantitative estimate of drug-likeness (QED) is 0.832. The first-order chi connectivity index (χ1) is 10.2. The van der Waals surface area contributed by atoms with Crippen LogP contribution in [0.3, 0.4) is 0 Å². The summed E-state index contributed by atoms with van der Waals surface area (Å²) in [6.45, 7) is 0. The molecule has 0 bridgehead atoms. The zero-order valence-electron chi connectivity index (χ0n) is 10.7. The molecular formula is C14H8Cl2F3NO2. The fourth-order valence-electron chi connectivity index (χ4n) is 1.58. The maximum atomic E-state index is 12.0. The van der Waals surface area contributed by atoms with Crippen molar-refractivity contribution in [1.29, 1.82) is 0 Å². The molecule has 0 radical (unpaired) electrons. The highest BCUT2D eigenvalue weighted by Crippen LogP contribution is 2.25. The van der Waals surface area contributed by atoms with Gasteiger partial charge in [0.1, 0.15) is 5.75 Å². The zero-order chi connectivity index (χ0) is 16.3. The highest BCUT2D eigenvalue weighted by atomic mass is 35.5. The summed E-state index contributed by atoms with van der Waals surface area (Å²) in [4.78, 5) is 12.0. The molecule has 8 heteroatoms. The number of anilines is 1. The van der Waals surface area contributed by atoms with E-state index in [0.29, 0.717) is 10.7 Å². The zero-order valence-corrected chi connectivity index (χ0v) is 12.3. The molecule has 116 valence electrons. The van der Waals surface area contributed by atoms with Gasteiger partial charge in [-0.05, 0) is 42.5 Å². The van der Waals surface area contributed by atoms with Crippen molar-refractivity contribution in [3.8, 4) is 5.75 Å². The summed E-state index contributed by atoms with van der Waals surface area (Å²) >= 11 is 11.6. The predicted molar refractivity (Wildman–Crippen MR) is 77.5 cm³/mol. The number of halogens is 5. The molecule has 0 saturated heterocycles. The third-order valence-corrected chi connectivity index (χ3v) is 3.27. The fourth-order valence-corrected chi connectivity index (χ4v) is 1.88. The molecule has 1 N–H and O–H groups in total. The first-order valence-electron chi connectivity index (χ1n) is 5.87. The molecule has 2 aromatic carbocycles. The minimum absolute atomic E-state index is 0.225. The lowest BCUT2D eigenvalue weighted by molar-refractivity contribution is -0.274. The smallest absolute Gasteiger partial charge is 0.406 e. The van der Waals surface area contributed by atoms with Gasteiger partial charge in [0, 0.05) is 11.3 Å². The van der Waals surface area contributed by atoms with Crippen molar-refractivity contribution in [3.05, 3.63) is 58.1 Å². The van der Waals surface area contributed by atoms with Crippen molar-refractivity contribution in [2.75, 3.05) is 5.32 Å². The molecule has 0 aliphatic carbocycles. The second kappa shape index (κ2) is 6.46. The van der Waals surface area contributed by atoms with Crippen molar-refractivity contribution in [2.24, 2.45) is 0 Å². The van der Waals surface area contributed by atoms with Crippen LogP contribution in [0, 0.1) is 0 Å². The first-order valence-corrected chi connectivity index (χ1v) is 6.62. The van der Waals surface area contributed by atoms with E-state index in [1.165, 1.54) is 30.3 Å². The Morgan fingerprint density at radius 2 is 1.64 bits per heavy atom. The topological polar surface area (TPSA) is 38.3 Å². The van der Waals surface area contributed by atoms with Gasteiger partial charge < -0.3 is 10.1 Å². The lowest BCUT2D eigenvalue weighted by Crippen LogP contribution is -2.17. The number of hydrogen-bond acceptors (Lipinski definition) is 2. The number of nitrogens with one attached hydrogen (secondary N) is 1. The third kappa shape index (κ3) is 4.54. The number of benzene rings is 2. The Morgan fingerprint density at radius 3 is 2.18 bits per heavy atom. The van der Waals surface area contributed by atoms with Crippen molar-refractivity contribution in [1.82, 2.24) is 0 Å². The van der Waals surface area contributed by atoms with Crippen molar-refractivity contribution >= 4 is 34.8 Å². The van der Waals surface area contributed by atoms with Crippen LogP contribution in [0.2, 0.25) is 10.0 Å². The van der Waals surface area contributed by atoms with Crippen LogP contribution >= 0.6 is 23.2 Å². The van der Waals surface area contributed by atoms with Gasteiger partial charge in [0.15, 0.2) is 0 Å². The largest absolute Gasteiger partial charge is 0.573 e. The maximum absolute atomic E-state index is 12.0. The molecule has 0 aliphatic heterocycles. The van der Waals surface area contributed by atoms with Gasteiger partial charge >= 0.3 is 6.36 Å². The molecule has 0 saturated carbocycles. The second-order valence-electron chi connectivity index (χ2n) is 4.16. The van der Waals surface area contributed by atoms with Gasteiger partial charge in [-0.1, -0.05) is 23.2 Å². The van der Waals surface area contributed by atoms with E-state index in [2.05, 4.69) is 10.1 Å². The van der Waals surface area contributed by atoms with Crippen LogP contribution in [0.15, 0.2) is 42.5 Å². The van der Waals surface area contributed by atoms with Gasteiger partial charge in [-0.2, -0.15) is 0 Å². The van der Waals surface area contributed by atoms with Gasteiger partial charge in [0.25, 0.3) is 5.91 Å². The lowest BCUT2D eigenvalue weighted by atomic mass is 10.2. The molecule has 0 aliphatic rings. The normalized spacial score (nSPS) is 11.1. The van der Waals surface area contributed by atoms with Gasteiger partial charge in [0.05, 0.1) is 10.0 Å². The molecular weight excluding hydrogens is 342 g/mol. The van der Waals surface area contributed by atoms with Crippen LogP contribution in [0.5, 0.6) is 5.75 Å². The van der Waals surface area contributed by atoms with Crippen molar-refractivity contribution in [2.45, 2.75) is 6.36 Å². The van der Waals surface area contributed by atoms with Gasteiger partial charge in [-0.3, -0.25) is 4.79 Å². The van der Waals surface area contributed by atoms with E-state index in [4.69, 9.17) is 23.2 Å². The maximum Gasteiger partial charge on any atom is 0.573 e. The molecule has 0 heterocycles. The molecule has 1 amide bonds. The molecule has 2 aromatic rings. The summed E-state index contributed by atoms with van der Waals surface area (Å²) in [5.41, 5.74) is 0.579. The van der Waals surface area contributed by atoms with Crippen molar-refractivity contribution in [3.63, 3.8) is 0 Å². The van der Waals surface area contributed by atoms with Crippen LogP contribution < -0.4 is 10.1 Å². The van der Waals surface area contributed by atoms with Crippen LogP contribution in [0.4, 0.5) is 18.9 Å². The average Bonchev–Trinajstić information content (AvgIpc) is 2.42. The minimum atomic E-state index is -4.76. The van der Waals surface area contributed by atoms with Crippen LogP contribution in [0.1, 0.15) is 10.4 Å². The van der Waals surface area contributed by atoms with E-state index in [9.17, 15) is 18.0 Å². The Morgan fingerprint density at radius 1 is 1.00 bits per heavy atom. The van der Waals surface area contributed by atoms with E-state index in [1.54, 1.807) is 0 Å². The highest BCUT2D eigenvalue weighted by Gasteiger charge is 2.30. The Labute approximate surface area is 133 Å².